The number of thioether (sulfide) groups is 1. The van der Waals surface area contributed by atoms with Crippen LogP contribution in [0.2, 0.25) is 0 Å². The van der Waals surface area contributed by atoms with Crippen LogP contribution in [0.25, 0.3) is 11.4 Å². The second-order valence-electron chi connectivity index (χ2n) is 4.26. The van der Waals surface area contributed by atoms with E-state index in [2.05, 4.69) is 26.1 Å². The number of aliphatic carboxylic acids is 1. The molecule has 0 saturated heterocycles. The van der Waals surface area contributed by atoms with Crippen molar-refractivity contribution >= 4 is 33.7 Å². The first-order valence-corrected chi connectivity index (χ1v) is 8.04. The Hall–Kier alpha value is -1.41. The van der Waals surface area contributed by atoms with Crippen molar-refractivity contribution in [1.82, 2.24) is 14.8 Å². The number of rotatable bonds is 6. The Morgan fingerprint density at radius 3 is 2.90 bits per heavy atom. The quantitative estimate of drug-likeness (QED) is 0.785. The number of hydrogen-bond acceptors (Lipinski definition) is 4. The maximum atomic E-state index is 13.4. The summed E-state index contributed by atoms with van der Waals surface area (Å²) in [5.41, 5.74) is 0.595. The molecular weight excluding hydrogens is 361 g/mol. The standard InChI is InChI=1S/C13H13BrFN3O2S/c1-2-5-18-12(9-6-8(15)3-4-10(9)14)16-17-13(18)21-7-11(19)20/h3-4,6H,2,5,7H2,1H3,(H,19,20). The van der Waals surface area contributed by atoms with Crippen LogP contribution in [0.15, 0.2) is 27.8 Å². The number of carboxylic acids is 1. The van der Waals surface area contributed by atoms with Gasteiger partial charge in [0.1, 0.15) is 5.82 Å². The van der Waals surface area contributed by atoms with Gasteiger partial charge in [-0.2, -0.15) is 0 Å². The van der Waals surface area contributed by atoms with Crippen LogP contribution < -0.4 is 0 Å². The molecule has 0 saturated carbocycles. The van der Waals surface area contributed by atoms with Crippen LogP contribution in [0.1, 0.15) is 13.3 Å². The predicted molar refractivity (Wildman–Crippen MR) is 81.8 cm³/mol. The van der Waals surface area contributed by atoms with Crippen molar-refractivity contribution in [2.45, 2.75) is 25.0 Å². The molecule has 0 fully saturated rings. The van der Waals surface area contributed by atoms with Crippen molar-refractivity contribution in [2.75, 3.05) is 5.75 Å². The minimum atomic E-state index is -0.917. The third-order valence-electron chi connectivity index (χ3n) is 2.66. The molecule has 0 bridgehead atoms. The van der Waals surface area contributed by atoms with E-state index in [0.717, 1.165) is 18.2 Å². The smallest absolute Gasteiger partial charge is 0.313 e. The van der Waals surface area contributed by atoms with Gasteiger partial charge in [-0.05, 0) is 24.6 Å². The Labute approximate surface area is 133 Å². The van der Waals surface area contributed by atoms with Gasteiger partial charge in [-0.1, -0.05) is 34.6 Å². The summed E-state index contributed by atoms with van der Waals surface area (Å²) in [5, 5.41) is 17.4. The lowest BCUT2D eigenvalue weighted by Gasteiger charge is -2.09. The fourth-order valence-electron chi connectivity index (χ4n) is 1.82. The molecule has 1 N–H and O–H groups in total. The highest BCUT2D eigenvalue weighted by atomic mass is 79.9. The third-order valence-corrected chi connectivity index (χ3v) is 4.30. The molecule has 1 aromatic carbocycles. The average Bonchev–Trinajstić information content (AvgIpc) is 2.82. The van der Waals surface area contributed by atoms with Gasteiger partial charge in [-0.25, -0.2) is 4.39 Å². The van der Waals surface area contributed by atoms with Crippen molar-refractivity contribution < 1.29 is 14.3 Å². The van der Waals surface area contributed by atoms with E-state index in [1.807, 2.05) is 11.5 Å². The third kappa shape index (κ3) is 3.82. The summed E-state index contributed by atoms with van der Waals surface area (Å²) in [6.45, 7) is 2.63. The monoisotopic (exact) mass is 373 g/mol. The molecule has 2 rings (SSSR count). The molecule has 112 valence electrons. The van der Waals surface area contributed by atoms with Crippen LogP contribution >= 0.6 is 27.7 Å². The maximum absolute atomic E-state index is 13.4. The maximum Gasteiger partial charge on any atom is 0.313 e. The molecule has 0 aliphatic rings. The lowest BCUT2D eigenvalue weighted by molar-refractivity contribution is -0.133. The van der Waals surface area contributed by atoms with Crippen molar-refractivity contribution in [3.63, 3.8) is 0 Å². The van der Waals surface area contributed by atoms with Crippen LogP contribution in [0, 0.1) is 5.82 Å². The summed E-state index contributed by atoms with van der Waals surface area (Å²) in [7, 11) is 0. The molecule has 0 unspecified atom stereocenters. The summed E-state index contributed by atoms with van der Waals surface area (Å²) < 4.78 is 16.0. The number of aromatic nitrogens is 3. The molecular formula is C13H13BrFN3O2S. The van der Waals surface area contributed by atoms with Crippen molar-refractivity contribution in [1.29, 1.82) is 0 Å². The van der Waals surface area contributed by atoms with Crippen LogP contribution in [0.3, 0.4) is 0 Å². The highest BCUT2D eigenvalue weighted by Gasteiger charge is 2.17. The highest BCUT2D eigenvalue weighted by molar-refractivity contribution is 9.10. The molecule has 1 aromatic heterocycles. The van der Waals surface area contributed by atoms with Gasteiger partial charge in [0.25, 0.3) is 0 Å². The number of halogens is 2. The normalized spacial score (nSPS) is 10.8. The molecule has 0 radical (unpaired) electrons. The molecule has 0 atom stereocenters. The number of nitrogens with zero attached hydrogens (tertiary/aromatic N) is 3. The number of carboxylic acid groups (broad SMARTS) is 1. The molecule has 2 aromatic rings. The molecule has 0 aliphatic carbocycles. The molecule has 0 aliphatic heterocycles. The zero-order chi connectivity index (χ0) is 15.4. The largest absolute Gasteiger partial charge is 0.481 e. The highest BCUT2D eigenvalue weighted by Crippen LogP contribution is 2.30. The van der Waals surface area contributed by atoms with Gasteiger partial charge in [0.15, 0.2) is 11.0 Å². The molecule has 21 heavy (non-hydrogen) atoms. The van der Waals surface area contributed by atoms with Crippen molar-refractivity contribution in [3.8, 4) is 11.4 Å². The van der Waals surface area contributed by atoms with E-state index >= 15 is 0 Å². The number of benzene rings is 1. The summed E-state index contributed by atoms with van der Waals surface area (Å²) >= 11 is 4.48. The second-order valence-corrected chi connectivity index (χ2v) is 6.06. The van der Waals surface area contributed by atoms with Crippen molar-refractivity contribution in [2.24, 2.45) is 0 Å². The van der Waals surface area contributed by atoms with E-state index in [0.29, 0.717) is 27.6 Å². The first kappa shape index (κ1) is 16.0. The van der Waals surface area contributed by atoms with Gasteiger partial charge in [0.05, 0.1) is 5.75 Å². The minimum absolute atomic E-state index is 0.0911. The lowest BCUT2D eigenvalue weighted by Crippen LogP contribution is -2.05. The number of carbonyl (C=O) groups is 1. The number of hydrogen-bond donors (Lipinski definition) is 1. The lowest BCUT2D eigenvalue weighted by atomic mass is 10.2. The Morgan fingerprint density at radius 2 is 2.24 bits per heavy atom. The van der Waals surface area contributed by atoms with Crippen LogP contribution in [0.4, 0.5) is 4.39 Å². The average molecular weight is 374 g/mol. The summed E-state index contributed by atoms with van der Waals surface area (Å²) in [6, 6.07) is 4.35. The van der Waals surface area contributed by atoms with E-state index in [4.69, 9.17) is 5.11 Å². The zero-order valence-electron chi connectivity index (χ0n) is 11.2. The van der Waals surface area contributed by atoms with Gasteiger partial charge >= 0.3 is 5.97 Å². The van der Waals surface area contributed by atoms with Crippen LogP contribution in [0.5, 0.6) is 0 Å². The molecule has 0 spiro atoms. The first-order valence-electron chi connectivity index (χ1n) is 6.26. The minimum Gasteiger partial charge on any atom is -0.481 e. The Morgan fingerprint density at radius 1 is 1.48 bits per heavy atom. The zero-order valence-corrected chi connectivity index (χ0v) is 13.6. The Bertz CT molecular complexity index is 663. The van der Waals surface area contributed by atoms with E-state index in [-0.39, 0.29) is 11.6 Å². The fourth-order valence-corrected chi connectivity index (χ4v) is 2.92. The molecule has 0 amide bonds. The van der Waals surface area contributed by atoms with Gasteiger partial charge in [-0.15, -0.1) is 10.2 Å². The molecule has 8 heteroatoms. The van der Waals surface area contributed by atoms with Gasteiger partial charge < -0.3 is 9.67 Å². The predicted octanol–water partition coefficient (Wildman–Crippen LogP) is 3.43. The van der Waals surface area contributed by atoms with Crippen LogP contribution in [-0.2, 0) is 11.3 Å². The topological polar surface area (TPSA) is 68.0 Å². The fraction of sp³-hybridized carbons (Fsp3) is 0.308. The SMILES string of the molecule is CCCn1c(SCC(=O)O)nnc1-c1cc(F)ccc1Br. The van der Waals surface area contributed by atoms with E-state index in [1.165, 1.54) is 12.1 Å². The Kier molecular flexibility index (Phi) is 5.35. The van der Waals surface area contributed by atoms with Gasteiger partial charge in [0.2, 0.25) is 0 Å². The van der Waals surface area contributed by atoms with E-state index in [1.54, 1.807) is 6.07 Å². The summed E-state index contributed by atoms with van der Waals surface area (Å²) in [6.07, 6.45) is 0.832. The summed E-state index contributed by atoms with van der Waals surface area (Å²) in [4.78, 5) is 10.7. The second kappa shape index (κ2) is 7.04. The molecule has 1 heterocycles. The Balaban J connectivity index is 2.43. The first-order chi connectivity index (χ1) is 10.0. The summed E-state index contributed by atoms with van der Waals surface area (Å²) in [5.74, 6) is -0.846. The van der Waals surface area contributed by atoms with Crippen LogP contribution in [-0.4, -0.2) is 31.6 Å². The van der Waals surface area contributed by atoms with Crippen molar-refractivity contribution in [3.05, 3.63) is 28.5 Å². The van der Waals surface area contributed by atoms with E-state index < -0.39 is 5.97 Å². The van der Waals surface area contributed by atoms with Gasteiger partial charge in [-0.3, -0.25) is 4.79 Å². The van der Waals surface area contributed by atoms with Gasteiger partial charge in [0, 0.05) is 16.6 Å². The molecule has 5 nitrogen and oxygen atoms in total. The van der Waals surface area contributed by atoms with E-state index in [9.17, 15) is 9.18 Å².